The highest BCUT2D eigenvalue weighted by molar-refractivity contribution is 6.05. The summed E-state index contributed by atoms with van der Waals surface area (Å²) in [6, 6.07) is 7.77. The van der Waals surface area contributed by atoms with Gasteiger partial charge in [-0.1, -0.05) is 18.2 Å². The number of nitrogens with two attached hydrogens (primary N) is 1. The zero-order valence-electron chi connectivity index (χ0n) is 7.88. The van der Waals surface area contributed by atoms with Gasteiger partial charge in [-0.15, -0.1) is 0 Å². The Kier molecular flexibility index (Phi) is 1.56. The van der Waals surface area contributed by atoms with Crippen molar-refractivity contribution in [3.63, 3.8) is 0 Å². The van der Waals surface area contributed by atoms with E-state index in [-0.39, 0.29) is 0 Å². The molecule has 0 fully saturated rings. The molecule has 72 valence electrons. The van der Waals surface area contributed by atoms with Crippen molar-refractivity contribution in [1.29, 1.82) is 0 Å². The number of rotatable bonds is 0. The topological polar surface area (TPSA) is 64.7 Å². The van der Waals surface area contributed by atoms with Crippen molar-refractivity contribution in [3.05, 3.63) is 36.7 Å². The summed E-state index contributed by atoms with van der Waals surface area (Å²) < 4.78 is 0. The van der Waals surface area contributed by atoms with Crippen molar-refractivity contribution in [2.24, 2.45) is 0 Å². The minimum Gasteiger partial charge on any atom is -0.382 e. The van der Waals surface area contributed by atoms with Gasteiger partial charge < -0.3 is 5.73 Å². The quantitative estimate of drug-likeness (QED) is 0.556. The Morgan fingerprint density at radius 1 is 0.933 bits per heavy atom. The zero-order valence-corrected chi connectivity index (χ0v) is 7.88. The van der Waals surface area contributed by atoms with Gasteiger partial charge in [0, 0.05) is 17.8 Å². The number of hydrogen-bond donors (Lipinski definition) is 1. The number of hydrogen-bond acceptors (Lipinski definition) is 4. The maximum atomic E-state index is 5.81. The Hall–Kier alpha value is -2.23. The molecule has 2 heterocycles. The van der Waals surface area contributed by atoms with Gasteiger partial charge in [-0.25, -0.2) is 9.97 Å². The first-order chi connectivity index (χ1) is 7.36. The molecule has 3 rings (SSSR count). The molecule has 0 amide bonds. The highest BCUT2D eigenvalue weighted by Gasteiger charge is 2.06. The van der Waals surface area contributed by atoms with E-state index < -0.39 is 0 Å². The molecule has 0 saturated carbocycles. The molecule has 15 heavy (non-hydrogen) atoms. The van der Waals surface area contributed by atoms with Gasteiger partial charge in [0.05, 0.1) is 5.52 Å². The van der Waals surface area contributed by atoms with Crippen LogP contribution < -0.4 is 5.73 Å². The van der Waals surface area contributed by atoms with E-state index in [1.54, 1.807) is 12.4 Å². The Morgan fingerprint density at radius 3 is 2.53 bits per heavy atom. The molecule has 2 aromatic heterocycles. The molecule has 0 saturated heterocycles. The molecule has 0 aliphatic rings. The van der Waals surface area contributed by atoms with Gasteiger partial charge in [0.25, 0.3) is 0 Å². The molecule has 4 heteroatoms. The third-order valence-electron chi connectivity index (χ3n) is 2.34. The zero-order chi connectivity index (χ0) is 10.3. The molecule has 3 aromatic rings. The van der Waals surface area contributed by atoms with E-state index in [1.807, 2.05) is 24.3 Å². The van der Waals surface area contributed by atoms with E-state index in [2.05, 4.69) is 15.0 Å². The average Bonchev–Trinajstić information content (AvgIpc) is 2.30. The van der Waals surface area contributed by atoms with Crippen LogP contribution in [0.2, 0.25) is 0 Å². The standard InChI is InChI=1S/C11H8N4/c12-11-10-9(13-5-6-14-10)7-3-1-2-4-8(7)15-11/h1-6H,(H2,12,15). The van der Waals surface area contributed by atoms with Crippen molar-refractivity contribution in [2.45, 2.75) is 0 Å². The first-order valence-electron chi connectivity index (χ1n) is 4.61. The molecule has 0 atom stereocenters. The highest BCUT2D eigenvalue weighted by atomic mass is 14.9. The van der Waals surface area contributed by atoms with Crippen LogP contribution in [0.15, 0.2) is 36.7 Å². The normalized spacial score (nSPS) is 10.9. The Bertz CT molecular complexity index is 648. The van der Waals surface area contributed by atoms with Gasteiger partial charge in [0.15, 0.2) is 5.82 Å². The summed E-state index contributed by atoms with van der Waals surface area (Å²) in [6.45, 7) is 0. The van der Waals surface area contributed by atoms with Crippen molar-refractivity contribution >= 4 is 27.8 Å². The van der Waals surface area contributed by atoms with Crippen LogP contribution in [0, 0.1) is 0 Å². The van der Waals surface area contributed by atoms with Crippen LogP contribution in [0.5, 0.6) is 0 Å². The van der Waals surface area contributed by atoms with E-state index in [1.165, 1.54) is 0 Å². The summed E-state index contributed by atoms with van der Waals surface area (Å²) >= 11 is 0. The van der Waals surface area contributed by atoms with Crippen LogP contribution in [0.3, 0.4) is 0 Å². The smallest absolute Gasteiger partial charge is 0.152 e. The lowest BCUT2D eigenvalue weighted by Crippen LogP contribution is -1.96. The molecule has 1 aromatic carbocycles. The minimum absolute atomic E-state index is 0.428. The van der Waals surface area contributed by atoms with E-state index >= 15 is 0 Å². The number of para-hydroxylation sites is 1. The second-order valence-corrected chi connectivity index (χ2v) is 3.27. The van der Waals surface area contributed by atoms with Gasteiger partial charge in [-0.05, 0) is 6.07 Å². The summed E-state index contributed by atoms with van der Waals surface area (Å²) in [4.78, 5) is 12.7. The fourth-order valence-corrected chi connectivity index (χ4v) is 1.68. The van der Waals surface area contributed by atoms with Crippen LogP contribution in [0.25, 0.3) is 21.9 Å². The summed E-state index contributed by atoms with van der Waals surface area (Å²) in [5.41, 5.74) is 8.13. The maximum Gasteiger partial charge on any atom is 0.152 e. The third kappa shape index (κ3) is 1.11. The van der Waals surface area contributed by atoms with E-state index in [0.29, 0.717) is 11.3 Å². The van der Waals surface area contributed by atoms with E-state index in [4.69, 9.17) is 5.73 Å². The largest absolute Gasteiger partial charge is 0.382 e. The van der Waals surface area contributed by atoms with Gasteiger partial charge >= 0.3 is 0 Å². The minimum atomic E-state index is 0.428. The van der Waals surface area contributed by atoms with Crippen LogP contribution in [-0.2, 0) is 0 Å². The number of anilines is 1. The lowest BCUT2D eigenvalue weighted by molar-refractivity contribution is 1.28. The lowest BCUT2D eigenvalue weighted by atomic mass is 10.2. The first-order valence-corrected chi connectivity index (χ1v) is 4.61. The number of fused-ring (bicyclic) bond motifs is 3. The van der Waals surface area contributed by atoms with Crippen LogP contribution in [0.1, 0.15) is 0 Å². The number of nitrogens with zero attached hydrogens (tertiary/aromatic N) is 3. The third-order valence-corrected chi connectivity index (χ3v) is 2.34. The Labute approximate surface area is 85.8 Å². The predicted molar refractivity (Wildman–Crippen MR) is 59.3 cm³/mol. The SMILES string of the molecule is Nc1nc2ccccc2c2nccnc12. The van der Waals surface area contributed by atoms with Gasteiger partial charge in [-0.2, -0.15) is 0 Å². The van der Waals surface area contributed by atoms with Crippen molar-refractivity contribution in [1.82, 2.24) is 15.0 Å². The molecule has 0 aliphatic heterocycles. The lowest BCUT2D eigenvalue weighted by Gasteiger charge is -2.03. The molecule has 0 spiro atoms. The maximum absolute atomic E-state index is 5.81. The first kappa shape index (κ1) is 8.11. The second kappa shape index (κ2) is 2.88. The molecule has 0 bridgehead atoms. The molecule has 0 aliphatic carbocycles. The Balaban J connectivity index is 2.64. The van der Waals surface area contributed by atoms with Gasteiger partial charge in [-0.3, -0.25) is 4.98 Å². The van der Waals surface area contributed by atoms with Crippen LogP contribution in [-0.4, -0.2) is 15.0 Å². The predicted octanol–water partition coefficient (Wildman–Crippen LogP) is 1.76. The van der Waals surface area contributed by atoms with E-state index in [0.717, 1.165) is 16.4 Å². The molecule has 0 unspecified atom stereocenters. The molecular weight excluding hydrogens is 188 g/mol. The summed E-state index contributed by atoms with van der Waals surface area (Å²) in [5.74, 6) is 0.428. The van der Waals surface area contributed by atoms with Gasteiger partial charge in [0.2, 0.25) is 0 Å². The second-order valence-electron chi connectivity index (χ2n) is 3.27. The van der Waals surface area contributed by atoms with Crippen molar-refractivity contribution in [2.75, 3.05) is 5.73 Å². The van der Waals surface area contributed by atoms with Gasteiger partial charge in [0.1, 0.15) is 11.0 Å². The Morgan fingerprint density at radius 2 is 1.67 bits per heavy atom. The molecule has 2 N–H and O–H groups in total. The molecular formula is C11H8N4. The van der Waals surface area contributed by atoms with Crippen LogP contribution in [0.4, 0.5) is 5.82 Å². The summed E-state index contributed by atoms with van der Waals surface area (Å²) in [6.07, 6.45) is 3.28. The summed E-state index contributed by atoms with van der Waals surface area (Å²) in [7, 11) is 0. The number of aromatic nitrogens is 3. The monoisotopic (exact) mass is 196 g/mol. The van der Waals surface area contributed by atoms with Crippen molar-refractivity contribution < 1.29 is 0 Å². The number of nitrogen functional groups attached to an aromatic ring is 1. The molecule has 0 radical (unpaired) electrons. The number of pyridine rings is 1. The fraction of sp³-hybridized carbons (Fsp3) is 0. The highest BCUT2D eigenvalue weighted by Crippen LogP contribution is 2.23. The van der Waals surface area contributed by atoms with E-state index in [9.17, 15) is 0 Å². The summed E-state index contributed by atoms with van der Waals surface area (Å²) in [5, 5.41) is 0.981. The van der Waals surface area contributed by atoms with Crippen molar-refractivity contribution in [3.8, 4) is 0 Å². The molecule has 4 nitrogen and oxygen atoms in total. The van der Waals surface area contributed by atoms with Crippen LogP contribution >= 0.6 is 0 Å². The fourth-order valence-electron chi connectivity index (χ4n) is 1.68. The number of benzene rings is 1. The average molecular weight is 196 g/mol.